The number of aromatic nitrogens is 2. The number of carboxylic acid groups (broad SMARTS) is 1. The molecule has 0 unspecified atom stereocenters. The van der Waals surface area contributed by atoms with Crippen molar-refractivity contribution in [1.82, 2.24) is 14.9 Å². The maximum absolute atomic E-state index is 11.4. The third-order valence-corrected chi connectivity index (χ3v) is 4.46. The van der Waals surface area contributed by atoms with Crippen LogP contribution in [0.15, 0.2) is 18.5 Å². The smallest absolute Gasteiger partial charge is 0.407 e. The Hall–Kier alpha value is -2.28. The first-order chi connectivity index (χ1) is 11.6. The van der Waals surface area contributed by atoms with Crippen LogP contribution >= 0.6 is 11.6 Å². The van der Waals surface area contributed by atoms with Gasteiger partial charge in [-0.15, -0.1) is 0 Å². The van der Waals surface area contributed by atoms with Crippen molar-refractivity contribution in [3.05, 3.63) is 23.6 Å². The zero-order valence-electron chi connectivity index (χ0n) is 13.2. The molecule has 1 amide bonds. The predicted octanol–water partition coefficient (Wildman–Crippen LogP) is 3.20. The van der Waals surface area contributed by atoms with Gasteiger partial charge in [0, 0.05) is 18.7 Å². The Kier molecular flexibility index (Phi) is 4.89. The molecular weight excluding hydrogens is 334 g/mol. The minimum Gasteiger partial charge on any atom is -0.497 e. The maximum atomic E-state index is 11.4. The number of hydrogen-bond acceptors (Lipinski definition) is 5. The highest BCUT2D eigenvalue weighted by Gasteiger charge is 2.27. The lowest BCUT2D eigenvalue weighted by Crippen LogP contribution is -2.46. The monoisotopic (exact) mass is 351 g/mol. The number of fused-ring (bicyclic) bond motifs is 1. The number of methoxy groups -OCH3 is 1. The van der Waals surface area contributed by atoms with E-state index in [-0.39, 0.29) is 17.8 Å². The van der Waals surface area contributed by atoms with E-state index in [0.29, 0.717) is 28.9 Å². The van der Waals surface area contributed by atoms with Crippen LogP contribution < -0.4 is 9.47 Å². The van der Waals surface area contributed by atoms with Crippen LogP contribution in [0.25, 0.3) is 10.9 Å². The Morgan fingerprint density at radius 1 is 1.42 bits per heavy atom. The number of halogens is 1. The van der Waals surface area contributed by atoms with Crippen LogP contribution in [0.4, 0.5) is 4.79 Å². The van der Waals surface area contributed by atoms with Crippen molar-refractivity contribution in [1.29, 1.82) is 0 Å². The molecule has 7 nitrogen and oxygen atoms in total. The molecule has 1 aliphatic heterocycles. The van der Waals surface area contributed by atoms with Crippen LogP contribution in [-0.4, -0.2) is 52.4 Å². The minimum absolute atomic E-state index is 0.180. The molecule has 1 saturated heterocycles. The number of benzene rings is 1. The van der Waals surface area contributed by atoms with E-state index in [0.717, 1.165) is 19.3 Å². The molecule has 1 N–H and O–H groups in total. The van der Waals surface area contributed by atoms with Crippen LogP contribution in [-0.2, 0) is 0 Å². The SMILES string of the molecule is COc1cc(OC[C@H]2CCCCN2C(=O)O)c2c(Cl)ncnc2c1. The second kappa shape index (κ2) is 7.09. The quantitative estimate of drug-likeness (QED) is 0.851. The zero-order chi connectivity index (χ0) is 17.1. The highest BCUT2D eigenvalue weighted by atomic mass is 35.5. The largest absolute Gasteiger partial charge is 0.497 e. The van der Waals surface area contributed by atoms with E-state index < -0.39 is 6.09 Å². The summed E-state index contributed by atoms with van der Waals surface area (Å²) in [6, 6.07) is 3.28. The Morgan fingerprint density at radius 2 is 2.25 bits per heavy atom. The van der Waals surface area contributed by atoms with Crippen LogP contribution in [0.1, 0.15) is 19.3 Å². The first-order valence-corrected chi connectivity index (χ1v) is 8.08. The average molecular weight is 352 g/mol. The van der Waals surface area contributed by atoms with Gasteiger partial charge in [0.2, 0.25) is 0 Å². The van der Waals surface area contributed by atoms with Crippen molar-refractivity contribution in [3.8, 4) is 11.5 Å². The fourth-order valence-electron chi connectivity index (χ4n) is 2.93. The Morgan fingerprint density at radius 3 is 3.00 bits per heavy atom. The van der Waals surface area contributed by atoms with E-state index in [1.165, 1.54) is 11.2 Å². The minimum atomic E-state index is -0.917. The van der Waals surface area contributed by atoms with Gasteiger partial charge in [-0.3, -0.25) is 0 Å². The molecule has 1 fully saturated rings. The van der Waals surface area contributed by atoms with Gasteiger partial charge in [-0.1, -0.05) is 11.6 Å². The Labute approximate surface area is 144 Å². The average Bonchev–Trinajstić information content (AvgIpc) is 2.59. The van der Waals surface area contributed by atoms with Gasteiger partial charge in [0.1, 0.15) is 29.6 Å². The van der Waals surface area contributed by atoms with Crippen molar-refractivity contribution >= 4 is 28.6 Å². The summed E-state index contributed by atoms with van der Waals surface area (Å²) in [4.78, 5) is 21.0. The van der Waals surface area contributed by atoms with Crippen molar-refractivity contribution < 1.29 is 19.4 Å². The Balaban J connectivity index is 1.87. The number of likely N-dealkylation sites (tertiary alicyclic amines) is 1. The molecule has 3 rings (SSSR count). The number of piperidine rings is 1. The first kappa shape index (κ1) is 16.6. The Bertz CT molecular complexity index is 755. The third kappa shape index (κ3) is 3.31. The molecule has 24 heavy (non-hydrogen) atoms. The predicted molar refractivity (Wildman–Crippen MR) is 89.0 cm³/mol. The highest BCUT2D eigenvalue weighted by Crippen LogP contribution is 2.34. The summed E-state index contributed by atoms with van der Waals surface area (Å²) in [5.74, 6) is 1.08. The molecule has 1 atom stereocenters. The summed E-state index contributed by atoms with van der Waals surface area (Å²) >= 11 is 6.18. The van der Waals surface area contributed by atoms with E-state index >= 15 is 0 Å². The number of carbonyl (C=O) groups is 1. The topological polar surface area (TPSA) is 84.8 Å². The van der Waals surface area contributed by atoms with E-state index in [1.54, 1.807) is 19.2 Å². The highest BCUT2D eigenvalue weighted by molar-refractivity contribution is 6.34. The van der Waals surface area contributed by atoms with Crippen LogP contribution in [0.2, 0.25) is 5.15 Å². The van der Waals surface area contributed by atoms with Crippen molar-refractivity contribution in [2.45, 2.75) is 25.3 Å². The summed E-state index contributed by atoms with van der Waals surface area (Å²) in [5.41, 5.74) is 0.614. The van der Waals surface area contributed by atoms with Gasteiger partial charge in [0.15, 0.2) is 0 Å². The van der Waals surface area contributed by atoms with E-state index in [4.69, 9.17) is 21.1 Å². The molecule has 128 valence electrons. The van der Waals surface area contributed by atoms with Gasteiger partial charge >= 0.3 is 6.09 Å². The maximum Gasteiger partial charge on any atom is 0.407 e. The summed E-state index contributed by atoms with van der Waals surface area (Å²) in [6.45, 7) is 0.784. The van der Waals surface area contributed by atoms with Gasteiger partial charge in [-0.25, -0.2) is 14.8 Å². The van der Waals surface area contributed by atoms with E-state index in [2.05, 4.69) is 9.97 Å². The lowest BCUT2D eigenvalue weighted by atomic mass is 10.0. The van der Waals surface area contributed by atoms with Gasteiger partial charge in [0.25, 0.3) is 0 Å². The molecule has 1 aliphatic rings. The molecule has 1 aromatic heterocycles. The molecule has 0 spiro atoms. The van der Waals surface area contributed by atoms with Crippen molar-refractivity contribution in [2.24, 2.45) is 0 Å². The summed E-state index contributed by atoms with van der Waals surface area (Å²) in [5, 5.41) is 10.2. The fraction of sp³-hybridized carbons (Fsp3) is 0.438. The van der Waals surface area contributed by atoms with Crippen molar-refractivity contribution in [3.63, 3.8) is 0 Å². The number of ether oxygens (including phenoxy) is 2. The summed E-state index contributed by atoms with van der Waals surface area (Å²) < 4.78 is 11.2. The summed E-state index contributed by atoms with van der Waals surface area (Å²) in [6.07, 6.45) is 3.10. The lowest BCUT2D eigenvalue weighted by molar-refractivity contribution is 0.0840. The molecule has 8 heteroatoms. The molecule has 1 aromatic carbocycles. The normalized spacial score (nSPS) is 17.8. The molecule has 0 radical (unpaired) electrons. The van der Waals surface area contributed by atoms with Crippen LogP contribution in [0.3, 0.4) is 0 Å². The second-order valence-electron chi connectivity index (χ2n) is 5.62. The van der Waals surface area contributed by atoms with E-state index in [9.17, 15) is 9.90 Å². The fourth-order valence-corrected chi connectivity index (χ4v) is 3.17. The van der Waals surface area contributed by atoms with Gasteiger partial charge in [0.05, 0.1) is 24.1 Å². The zero-order valence-corrected chi connectivity index (χ0v) is 14.0. The number of hydrogen-bond donors (Lipinski definition) is 1. The number of nitrogens with zero attached hydrogens (tertiary/aromatic N) is 3. The molecule has 0 saturated carbocycles. The van der Waals surface area contributed by atoms with Crippen LogP contribution in [0.5, 0.6) is 11.5 Å². The molecule has 0 bridgehead atoms. The third-order valence-electron chi connectivity index (χ3n) is 4.17. The summed E-state index contributed by atoms with van der Waals surface area (Å²) in [7, 11) is 1.56. The van der Waals surface area contributed by atoms with Crippen molar-refractivity contribution in [2.75, 3.05) is 20.3 Å². The van der Waals surface area contributed by atoms with E-state index in [1.807, 2.05) is 0 Å². The van der Waals surface area contributed by atoms with Gasteiger partial charge in [-0.05, 0) is 19.3 Å². The molecule has 0 aliphatic carbocycles. The number of rotatable bonds is 4. The molecule has 2 heterocycles. The number of amides is 1. The van der Waals surface area contributed by atoms with Gasteiger partial charge in [-0.2, -0.15) is 0 Å². The molecule has 2 aromatic rings. The standard InChI is InChI=1S/C16H18ClN3O4/c1-23-11-6-12-14(15(17)19-9-18-12)13(7-11)24-8-10-4-2-3-5-20(10)16(21)22/h6-7,9-10H,2-5,8H2,1H3,(H,21,22)/t10-/m1/s1. The first-order valence-electron chi connectivity index (χ1n) is 7.70. The van der Waals surface area contributed by atoms with Gasteiger partial charge < -0.3 is 19.5 Å². The lowest BCUT2D eigenvalue weighted by Gasteiger charge is -2.33. The molecular formula is C16H18ClN3O4. The van der Waals surface area contributed by atoms with Crippen LogP contribution in [0, 0.1) is 0 Å². The second-order valence-corrected chi connectivity index (χ2v) is 5.98.